The number of carboxylic acids is 1. The second-order valence-corrected chi connectivity index (χ2v) is 8.40. The van der Waals surface area contributed by atoms with Crippen molar-refractivity contribution in [2.75, 3.05) is 14.2 Å². The van der Waals surface area contributed by atoms with Crippen LogP contribution in [0.25, 0.3) is 16.0 Å². The number of aliphatic carboxylic acids is 1. The summed E-state index contributed by atoms with van der Waals surface area (Å²) in [7, 11) is 3.00. The average molecular weight is 453 g/mol. The van der Waals surface area contributed by atoms with E-state index in [9.17, 15) is 14.7 Å². The lowest BCUT2D eigenvalue weighted by molar-refractivity contribution is -0.152. The SMILES string of the molecule is C=C(C(=O)c1c(OC)ccc(-c2cccs2)c1OC)c1cccc(OC(C)(C)C(=O)O)c1. The molecule has 6 nitrogen and oxygen atoms in total. The number of allylic oxidation sites excluding steroid dienone is 1. The molecule has 0 aliphatic heterocycles. The molecule has 3 aromatic rings. The summed E-state index contributed by atoms with van der Waals surface area (Å²) in [5.74, 6) is -0.385. The van der Waals surface area contributed by atoms with Crippen LogP contribution in [0, 0.1) is 0 Å². The fraction of sp³-hybridized carbons (Fsp3) is 0.200. The number of hydrogen-bond donors (Lipinski definition) is 1. The van der Waals surface area contributed by atoms with Crippen LogP contribution in [0.1, 0.15) is 29.8 Å². The molecular weight excluding hydrogens is 428 g/mol. The number of methoxy groups -OCH3 is 2. The predicted octanol–water partition coefficient (Wildman–Crippen LogP) is 5.57. The quantitative estimate of drug-likeness (QED) is 0.338. The lowest BCUT2D eigenvalue weighted by Gasteiger charge is -2.22. The first-order chi connectivity index (χ1) is 15.2. The van der Waals surface area contributed by atoms with Crippen LogP contribution in [0.2, 0.25) is 0 Å². The minimum absolute atomic E-state index is 0.198. The van der Waals surface area contributed by atoms with Gasteiger partial charge in [-0.2, -0.15) is 0 Å². The maximum atomic E-state index is 13.5. The van der Waals surface area contributed by atoms with Crippen molar-refractivity contribution in [2.24, 2.45) is 0 Å². The Hall–Kier alpha value is -3.58. The number of benzene rings is 2. The summed E-state index contributed by atoms with van der Waals surface area (Å²) in [6, 6.07) is 14.1. The Bertz CT molecular complexity index is 1160. The predicted molar refractivity (Wildman–Crippen MR) is 125 cm³/mol. The van der Waals surface area contributed by atoms with Crippen LogP contribution in [0.3, 0.4) is 0 Å². The van der Waals surface area contributed by atoms with Crippen molar-refractivity contribution in [3.8, 4) is 27.7 Å². The summed E-state index contributed by atoms with van der Waals surface area (Å²) >= 11 is 1.53. The Labute approximate surface area is 190 Å². The minimum atomic E-state index is -1.43. The Kier molecular flexibility index (Phi) is 6.69. The first-order valence-corrected chi connectivity index (χ1v) is 10.6. The van der Waals surface area contributed by atoms with Crippen molar-refractivity contribution < 1.29 is 28.9 Å². The van der Waals surface area contributed by atoms with E-state index >= 15 is 0 Å². The van der Waals surface area contributed by atoms with E-state index < -0.39 is 11.6 Å². The maximum absolute atomic E-state index is 13.5. The van der Waals surface area contributed by atoms with Crippen LogP contribution in [0.4, 0.5) is 0 Å². The highest BCUT2D eigenvalue weighted by molar-refractivity contribution is 7.13. The first kappa shape index (κ1) is 23.1. The highest BCUT2D eigenvalue weighted by atomic mass is 32.1. The van der Waals surface area contributed by atoms with E-state index in [4.69, 9.17) is 14.2 Å². The normalized spacial score (nSPS) is 11.0. The number of rotatable bonds is 9. The van der Waals surface area contributed by atoms with Crippen LogP contribution in [0.15, 0.2) is 60.5 Å². The van der Waals surface area contributed by atoms with Crippen LogP contribution < -0.4 is 14.2 Å². The molecule has 1 aromatic heterocycles. The topological polar surface area (TPSA) is 82.1 Å². The van der Waals surface area contributed by atoms with Crippen LogP contribution in [0.5, 0.6) is 17.2 Å². The number of carbonyl (C=O) groups excluding carboxylic acids is 1. The molecule has 0 radical (unpaired) electrons. The molecule has 32 heavy (non-hydrogen) atoms. The van der Waals surface area contributed by atoms with Crippen molar-refractivity contribution in [2.45, 2.75) is 19.4 Å². The number of thiophene rings is 1. The number of carbonyl (C=O) groups is 2. The van der Waals surface area contributed by atoms with Crippen molar-refractivity contribution in [3.05, 3.63) is 71.6 Å². The Morgan fingerprint density at radius 1 is 1.03 bits per heavy atom. The molecule has 0 bridgehead atoms. The second kappa shape index (κ2) is 9.28. The smallest absolute Gasteiger partial charge is 0.347 e. The van der Waals surface area contributed by atoms with Gasteiger partial charge in [-0.25, -0.2) is 4.79 Å². The molecule has 0 aliphatic carbocycles. The van der Waals surface area contributed by atoms with Gasteiger partial charge in [0.25, 0.3) is 0 Å². The highest BCUT2D eigenvalue weighted by Gasteiger charge is 2.30. The number of ether oxygens (including phenoxy) is 3. The van der Waals surface area contributed by atoms with Crippen LogP contribution >= 0.6 is 11.3 Å². The molecular formula is C25H24O6S. The zero-order valence-electron chi connectivity index (χ0n) is 18.3. The summed E-state index contributed by atoms with van der Waals surface area (Å²) in [6.45, 7) is 6.89. The number of Topliss-reactive ketones (excluding diaryl/α,β-unsaturated/α-hetero) is 1. The van der Waals surface area contributed by atoms with E-state index in [-0.39, 0.29) is 16.9 Å². The van der Waals surface area contributed by atoms with Gasteiger partial charge in [0.1, 0.15) is 22.8 Å². The Balaban J connectivity index is 2.03. The third-order valence-electron chi connectivity index (χ3n) is 4.90. The number of carboxylic acid groups (broad SMARTS) is 1. The zero-order chi connectivity index (χ0) is 23.5. The maximum Gasteiger partial charge on any atom is 0.347 e. The van der Waals surface area contributed by atoms with Crippen LogP contribution in [-0.4, -0.2) is 36.7 Å². The molecule has 0 saturated heterocycles. The van der Waals surface area contributed by atoms with E-state index in [1.807, 2.05) is 23.6 Å². The summed E-state index contributed by atoms with van der Waals surface area (Å²) < 4.78 is 16.7. The van der Waals surface area contributed by atoms with Gasteiger partial charge in [-0.3, -0.25) is 4.79 Å². The molecule has 0 unspecified atom stereocenters. The minimum Gasteiger partial charge on any atom is -0.496 e. The van der Waals surface area contributed by atoms with Gasteiger partial charge in [-0.15, -0.1) is 11.3 Å². The fourth-order valence-electron chi connectivity index (χ4n) is 3.16. The van der Waals surface area contributed by atoms with Gasteiger partial charge in [0.05, 0.1) is 14.2 Å². The van der Waals surface area contributed by atoms with Gasteiger partial charge >= 0.3 is 5.97 Å². The number of hydrogen-bond acceptors (Lipinski definition) is 6. The van der Waals surface area contributed by atoms with E-state index in [2.05, 4.69) is 6.58 Å². The molecule has 166 valence electrons. The van der Waals surface area contributed by atoms with Crippen molar-refractivity contribution in [1.29, 1.82) is 0 Å². The standard InChI is InChI=1S/C25H24O6S/c1-15(16-8-6-9-17(14-16)31-25(2,3)24(27)28)22(26)21-19(29-4)12-11-18(23(21)30-5)20-10-7-13-32-20/h6-14H,1H2,2-5H3,(H,27,28). The van der Waals surface area contributed by atoms with E-state index in [0.29, 0.717) is 22.8 Å². The van der Waals surface area contributed by atoms with Gasteiger partial charge < -0.3 is 19.3 Å². The molecule has 0 spiro atoms. The largest absolute Gasteiger partial charge is 0.496 e. The summed E-state index contributed by atoms with van der Waals surface area (Å²) in [4.78, 5) is 25.9. The second-order valence-electron chi connectivity index (χ2n) is 7.45. The van der Waals surface area contributed by atoms with E-state index in [1.165, 1.54) is 39.4 Å². The third-order valence-corrected chi connectivity index (χ3v) is 5.80. The summed E-state index contributed by atoms with van der Waals surface area (Å²) in [5, 5.41) is 11.3. The van der Waals surface area contributed by atoms with Crippen LogP contribution in [-0.2, 0) is 4.79 Å². The molecule has 0 atom stereocenters. The first-order valence-electron chi connectivity index (χ1n) is 9.75. The van der Waals surface area contributed by atoms with Crippen molar-refractivity contribution >= 4 is 28.7 Å². The average Bonchev–Trinajstić information content (AvgIpc) is 3.31. The number of ketones is 1. The monoisotopic (exact) mass is 452 g/mol. The summed E-state index contributed by atoms with van der Waals surface area (Å²) in [5.41, 5.74) is 0.316. The van der Waals surface area contributed by atoms with Gasteiger partial charge in [0.15, 0.2) is 5.60 Å². The molecule has 7 heteroatoms. The molecule has 0 amide bonds. The fourth-order valence-corrected chi connectivity index (χ4v) is 3.90. The molecule has 3 rings (SSSR count). The molecule has 0 aliphatic rings. The molecule has 1 heterocycles. The molecule has 2 aromatic carbocycles. The summed E-state index contributed by atoms with van der Waals surface area (Å²) in [6.07, 6.45) is 0. The van der Waals surface area contributed by atoms with E-state index in [1.54, 1.807) is 30.3 Å². The third kappa shape index (κ3) is 4.53. The highest BCUT2D eigenvalue weighted by Crippen LogP contribution is 2.42. The lowest BCUT2D eigenvalue weighted by Crippen LogP contribution is -2.37. The van der Waals surface area contributed by atoms with Gasteiger partial charge in [-0.05, 0) is 55.1 Å². The Morgan fingerprint density at radius 3 is 2.38 bits per heavy atom. The van der Waals surface area contributed by atoms with Crippen molar-refractivity contribution in [1.82, 2.24) is 0 Å². The van der Waals surface area contributed by atoms with Crippen molar-refractivity contribution in [3.63, 3.8) is 0 Å². The molecule has 0 fully saturated rings. The molecule has 0 saturated carbocycles. The van der Waals surface area contributed by atoms with E-state index in [0.717, 1.165) is 10.4 Å². The molecule has 1 N–H and O–H groups in total. The Morgan fingerprint density at radius 2 is 1.78 bits per heavy atom. The van der Waals surface area contributed by atoms with Gasteiger partial charge in [0.2, 0.25) is 5.78 Å². The van der Waals surface area contributed by atoms with Gasteiger partial charge in [-0.1, -0.05) is 24.8 Å². The zero-order valence-corrected chi connectivity index (χ0v) is 19.1. The lowest BCUT2D eigenvalue weighted by atomic mass is 9.94. The van der Waals surface area contributed by atoms with Gasteiger partial charge in [0, 0.05) is 16.0 Å².